The van der Waals surface area contributed by atoms with Crippen molar-refractivity contribution >= 4 is 6.16 Å². The van der Waals surface area contributed by atoms with Crippen molar-refractivity contribution in [3.63, 3.8) is 0 Å². The van der Waals surface area contributed by atoms with E-state index in [2.05, 4.69) is 4.74 Å². The van der Waals surface area contributed by atoms with Gasteiger partial charge in [0.2, 0.25) is 0 Å². The molecule has 1 fully saturated rings. The van der Waals surface area contributed by atoms with Gasteiger partial charge >= 0.3 is 6.16 Å². The fourth-order valence-corrected chi connectivity index (χ4v) is 1.31. The lowest BCUT2D eigenvalue weighted by Crippen LogP contribution is -2.19. The van der Waals surface area contributed by atoms with Crippen LogP contribution in [-0.4, -0.2) is 32.6 Å². The van der Waals surface area contributed by atoms with Gasteiger partial charge in [0.1, 0.15) is 24.7 Å². The molecule has 5 heteroatoms. The van der Waals surface area contributed by atoms with Crippen molar-refractivity contribution < 1.29 is 23.7 Å². The lowest BCUT2D eigenvalue weighted by atomic mass is 10.3. The molecule has 1 heterocycles. The van der Waals surface area contributed by atoms with Crippen molar-refractivity contribution in [3.05, 3.63) is 24.3 Å². The van der Waals surface area contributed by atoms with Crippen LogP contribution in [0.15, 0.2) is 24.3 Å². The Hall–Kier alpha value is -1.91. The number of hydrogen-bond donors (Lipinski definition) is 0. The molecule has 0 amide bonds. The van der Waals surface area contributed by atoms with E-state index in [-0.39, 0.29) is 19.3 Å². The summed E-state index contributed by atoms with van der Waals surface area (Å²) in [6, 6.07) is 7.17. The number of methoxy groups -OCH3 is 1. The fraction of sp³-hybridized carbons (Fsp3) is 0.364. The number of benzene rings is 1. The van der Waals surface area contributed by atoms with E-state index < -0.39 is 6.16 Å². The molecular formula is C11H12O5. The Kier molecular flexibility index (Phi) is 3.14. The Morgan fingerprint density at radius 2 is 2.00 bits per heavy atom. The minimum Gasteiger partial charge on any atom is -0.497 e. The van der Waals surface area contributed by atoms with Gasteiger partial charge in [-0.25, -0.2) is 4.79 Å². The average Bonchev–Trinajstić information content (AvgIpc) is 2.73. The summed E-state index contributed by atoms with van der Waals surface area (Å²) >= 11 is 0. The van der Waals surface area contributed by atoms with E-state index in [0.717, 1.165) is 5.75 Å². The molecule has 2 rings (SSSR count). The Bertz CT molecular complexity index is 359. The van der Waals surface area contributed by atoms with E-state index >= 15 is 0 Å². The quantitative estimate of drug-likeness (QED) is 0.727. The summed E-state index contributed by atoms with van der Waals surface area (Å²) in [6.45, 7) is 0.535. The maximum absolute atomic E-state index is 10.6. The lowest BCUT2D eigenvalue weighted by molar-refractivity contribution is 0.0983. The van der Waals surface area contributed by atoms with Gasteiger partial charge in [-0.05, 0) is 24.3 Å². The molecule has 0 N–H and O–H groups in total. The number of carbonyl (C=O) groups is 1. The number of cyclic esters (lactones) is 2. The molecule has 1 aliphatic rings. The number of carbonyl (C=O) groups excluding carboxylic acids is 1. The van der Waals surface area contributed by atoms with Crippen LogP contribution in [0.2, 0.25) is 0 Å². The van der Waals surface area contributed by atoms with Crippen LogP contribution in [0.5, 0.6) is 11.5 Å². The molecule has 0 bridgehead atoms. The molecule has 1 unspecified atom stereocenters. The van der Waals surface area contributed by atoms with E-state index in [1.807, 2.05) is 0 Å². The number of ether oxygens (including phenoxy) is 4. The second kappa shape index (κ2) is 4.74. The molecule has 1 aliphatic heterocycles. The van der Waals surface area contributed by atoms with Crippen molar-refractivity contribution in [2.24, 2.45) is 0 Å². The third kappa shape index (κ3) is 2.56. The van der Waals surface area contributed by atoms with Crippen molar-refractivity contribution in [2.45, 2.75) is 6.10 Å². The minimum absolute atomic E-state index is 0.245. The summed E-state index contributed by atoms with van der Waals surface area (Å²) in [7, 11) is 1.60. The largest absolute Gasteiger partial charge is 0.508 e. The van der Waals surface area contributed by atoms with Crippen molar-refractivity contribution in [2.75, 3.05) is 20.3 Å². The molecule has 0 saturated carbocycles. The van der Waals surface area contributed by atoms with Crippen LogP contribution in [-0.2, 0) is 9.47 Å². The van der Waals surface area contributed by atoms with Crippen LogP contribution in [0.1, 0.15) is 0 Å². The third-order valence-corrected chi connectivity index (χ3v) is 2.15. The summed E-state index contributed by atoms with van der Waals surface area (Å²) in [5, 5.41) is 0. The van der Waals surface area contributed by atoms with Gasteiger partial charge in [0, 0.05) is 0 Å². The first-order valence-corrected chi connectivity index (χ1v) is 4.88. The first kappa shape index (κ1) is 10.6. The zero-order valence-corrected chi connectivity index (χ0v) is 8.84. The maximum Gasteiger partial charge on any atom is 0.508 e. The first-order chi connectivity index (χ1) is 7.78. The van der Waals surface area contributed by atoms with E-state index in [1.54, 1.807) is 31.4 Å². The van der Waals surface area contributed by atoms with Gasteiger partial charge in [-0.3, -0.25) is 0 Å². The van der Waals surface area contributed by atoms with Crippen LogP contribution in [0.25, 0.3) is 0 Å². The predicted molar refractivity (Wildman–Crippen MR) is 54.7 cm³/mol. The molecule has 0 radical (unpaired) electrons. The van der Waals surface area contributed by atoms with Crippen molar-refractivity contribution in [3.8, 4) is 11.5 Å². The SMILES string of the molecule is COc1ccc(OCC2COC(=O)O2)cc1. The van der Waals surface area contributed by atoms with Crippen LogP contribution < -0.4 is 9.47 Å². The van der Waals surface area contributed by atoms with E-state index in [1.165, 1.54) is 0 Å². The standard InChI is InChI=1S/C11H12O5/c1-13-8-2-4-9(5-3-8)14-6-10-7-15-11(12)16-10/h2-5,10H,6-7H2,1H3. The summed E-state index contributed by atoms with van der Waals surface area (Å²) in [6.07, 6.45) is -0.960. The number of hydrogen-bond acceptors (Lipinski definition) is 5. The second-order valence-corrected chi connectivity index (χ2v) is 3.29. The molecule has 0 aromatic heterocycles. The lowest BCUT2D eigenvalue weighted by Gasteiger charge is -2.09. The molecule has 5 nitrogen and oxygen atoms in total. The highest BCUT2D eigenvalue weighted by molar-refractivity contribution is 5.61. The highest BCUT2D eigenvalue weighted by atomic mass is 16.8. The van der Waals surface area contributed by atoms with Gasteiger partial charge in [0.15, 0.2) is 6.10 Å². The van der Waals surface area contributed by atoms with Gasteiger partial charge in [-0.2, -0.15) is 0 Å². The summed E-state index contributed by atoms with van der Waals surface area (Å²) in [5.74, 6) is 1.46. The monoisotopic (exact) mass is 224 g/mol. The number of rotatable bonds is 4. The van der Waals surface area contributed by atoms with Crippen molar-refractivity contribution in [1.82, 2.24) is 0 Å². The highest BCUT2D eigenvalue weighted by Gasteiger charge is 2.25. The van der Waals surface area contributed by atoms with Crippen LogP contribution in [0.4, 0.5) is 4.79 Å². The van der Waals surface area contributed by atoms with Gasteiger partial charge < -0.3 is 18.9 Å². The molecule has 1 aromatic carbocycles. The molecule has 0 aliphatic carbocycles. The molecule has 1 saturated heterocycles. The molecular weight excluding hydrogens is 212 g/mol. The minimum atomic E-state index is -0.636. The highest BCUT2D eigenvalue weighted by Crippen LogP contribution is 2.18. The van der Waals surface area contributed by atoms with E-state index in [4.69, 9.17) is 14.2 Å². The van der Waals surface area contributed by atoms with E-state index in [0.29, 0.717) is 5.75 Å². The first-order valence-electron chi connectivity index (χ1n) is 4.88. The zero-order valence-electron chi connectivity index (χ0n) is 8.84. The van der Waals surface area contributed by atoms with Crippen LogP contribution >= 0.6 is 0 Å². The van der Waals surface area contributed by atoms with Gasteiger partial charge in [-0.15, -0.1) is 0 Å². The molecule has 0 spiro atoms. The topological polar surface area (TPSA) is 54.0 Å². The van der Waals surface area contributed by atoms with Gasteiger partial charge in [0.05, 0.1) is 7.11 Å². The maximum atomic E-state index is 10.6. The smallest absolute Gasteiger partial charge is 0.497 e. The van der Waals surface area contributed by atoms with Crippen LogP contribution in [0, 0.1) is 0 Å². The van der Waals surface area contributed by atoms with Gasteiger partial charge in [0.25, 0.3) is 0 Å². The predicted octanol–water partition coefficient (Wildman–Crippen LogP) is 1.61. The van der Waals surface area contributed by atoms with Crippen molar-refractivity contribution in [1.29, 1.82) is 0 Å². The second-order valence-electron chi connectivity index (χ2n) is 3.29. The third-order valence-electron chi connectivity index (χ3n) is 2.15. The van der Waals surface area contributed by atoms with Crippen LogP contribution in [0.3, 0.4) is 0 Å². The van der Waals surface area contributed by atoms with E-state index in [9.17, 15) is 4.79 Å². The fourth-order valence-electron chi connectivity index (χ4n) is 1.31. The normalized spacial score (nSPS) is 18.8. The average molecular weight is 224 g/mol. The summed E-state index contributed by atoms with van der Waals surface area (Å²) < 4.78 is 19.9. The Morgan fingerprint density at radius 3 is 2.56 bits per heavy atom. The van der Waals surface area contributed by atoms with Gasteiger partial charge in [-0.1, -0.05) is 0 Å². The molecule has 1 aromatic rings. The molecule has 1 atom stereocenters. The summed E-state index contributed by atoms with van der Waals surface area (Å²) in [4.78, 5) is 10.6. The Labute approximate surface area is 92.9 Å². The Balaban J connectivity index is 1.82. The summed E-state index contributed by atoms with van der Waals surface area (Å²) in [5.41, 5.74) is 0. The molecule has 16 heavy (non-hydrogen) atoms. The molecule has 86 valence electrons. The Morgan fingerprint density at radius 1 is 1.31 bits per heavy atom. The zero-order chi connectivity index (χ0) is 11.4.